The average Bonchev–Trinajstić information content (AvgIpc) is 2.24. The third kappa shape index (κ3) is 2.09. The van der Waals surface area contributed by atoms with E-state index in [4.69, 9.17) is 0 Å². The van der Waals surface area contributed by atoms with Gasteiger partial charge in [-0.2, -0.15) is 0 Å². The minimum atomic E-state index is -0.223. The lowest BCUT2D eigenvalue weighted by Crippen LogP contribution is -2.48. The van der Waals surface area contributed by atoms with Crippen molar-refractivity contribution >= 4 is 0 Å². The summed E-state index contributed by atoms with van der Waals surface area (Å²) in [5.41, 5.74) is 1.06. The Bertz CT molecular complexity index is 354. The van der Waals surface area contributed by atoms with Crippen LogP contribution in [0.5, 0.6) is 0 Å². The molecule has 0 radical (unpaired) electrons. The highest BCUT2D eigenvalue weighted by Gasteiger charge is 2.39. The summed E-state index contributed by atoms with van der Waals surface area (Å²) in [6.45, 7) is 5.34. The Balaban J connectivity index is 2.07. The second-order valence-corrected chi connectivity index (χ2v) is 4.51. The monoisotopic (exact) mass is 222 g/mol. The molecule has 1 aromatic heterocycles. The van der Waals surface area contributed by atoms with Crippen LogP contribution >= 0.6 is 0 Å². The summed E-state index contributed by atoms with van der Waals surface area (Å²) in [6, 6.07) is 2.23. The molecule has 0 saturated heterocycles. The molecule has 88 valence electrons. The van der Waals surface area contributed by atoms with Gasteiger partial charge in [0.1, 0.15) is 5.82 Å². The van der Waals surface area contributed by atoms with E-state index in [1.165, 1.54) is 6.20 Å². The first-order valence-electron chi connectivity index (χ1n) is 6.10. The molecular formula is C13H19FN2. The van der Waals surface area contributed by atoms with E-state index in [1.807, 2.05) is 0 Å². The van der Waals surface area contributed by atoms with Gasteiger partial charge in [0.2, 0.25) is 0 Å². The molecule has 3 atom stereocenters. The minimum Gasteiger partial charge on any atom is -0.314 e. The van der Waals surface area contributed by atoms with Gasteiger partial charge in [0.05, 0.1) is 6.20 Å². The topological polar surface area (TPSA) is 24.9 Å². The van der Waals surface area contributed by atoms with Crippen LogP contribution in [0.4, 0.5) is 4.39 Å². The Morgan fingerprint density at radius 1 is 1.44 bits per heavy atom. The van der Waals surface area contributed by atoms with E-state index in [0.717, 1.165) is 24.9 Å². The number of nitrogens with zero attached hydrogens (tertiary/aromatic N) is 1. The predicted molar refractivity (Wildman–Crippen MR) is 62.8 cm³/mol. The number of nitrogens with one attached hydrogen (secondary N) is 1. The van der Waals surface area contributed by atoms with Gasteiger partial charge >= 0.3 is 0 Å². The van der Waals surface area contributed by atoms with Gasteiger partial charge in [-0.05, 0) is 36.4 Å². The molecule has 1 aliphatic rings. The maximum Gasteiger partial charge on any atom is 0.141 e. The van der Waals surface area contributed by atoms with Crippen LogP contribution in [0.3, 0.4) is 0 Å². The number of rotatable bonds is 4. The van der Waals surface area contributed by atoms with Gasteiger partial charge in [0, 0.05) is 12.2 Å². The van der Waals surface area contributed by atoms with Crippen LogP contribution in [0.15, 0.2) is 18.5 Å². The van der Waals surface area contributed by atoms with Gasteiger partial charge in [-0.1, -0.05) is 20.3 Å². The van der Waals surface area contributed by atoms with Gasteiger partial charge in [-0.15, -0.1) is 0 Å². The van der Waals surface area contributed by atoms with Gasteiger partial charge in [0.15, 0.2) is 0 Å². The van der Waals surface area contributed by atoms with E-state index in [9.17, 15) is 4.39 Å². The van der Waals surface area contributed by atoms with Crippen molar-refractivity contribution in [1.82, 2.24) is 10.3 Å². The Morgan fingerprint density at radius 2 is 2.25 bits per heavy atom. The second-order valence-electron chi connectivity index (χ2n) is 4.51. The molecule has 0 amide bonds. The first-order chi connectivity index (χ1) is 7.76. The van der Waals surface area contributed by atoms with Gasteiger partial charge in [-0.3, -0.25) is 4.98 Å². The molecule has 1 saturated carbocycles. The van der Waals surface area contributed by atoms with Crippen molar-refractivity contribution in [2.45, 2.75) is 38.6 Å². The minimum absolute atomic E-state index is 0.223. The molecule has 1 aromatic rings. The van der Waals surface area contributed by atoms with Gasteiger partial charge < -0.3 is 5.32 Å². The maximum absolute atomic E-state index is 13.1. The van der Waals surface area contributed by atoms with E-state index in [0.29, 0.717) is 17.9 Å². The zero-order valence-electron chi connectivity index (χ0n) is 9.91. The van der Waals surface area contributed by atoms with Crippen LogP contribution in [0.1, 0.15) is 38.2 Å². The number of pyridine rings is 1. The lowest BCUT2D eigenvalue weighted by atomic mass is 9.65. The SMILES string of the molecule is CCNC1CC(c2cncc(F)c2)C1CC. The quantitative estimate of drug-likeness (QED) is 0.847. The van der Waals surface area contributed by atoms with Crippen molar-refractivity contribution in [1.29, 1.82) is 0 Å². The molecule has 0 aromatic carbocycles. The molecule has 1 heterocycles. The van der Waals surface area contributed by atoms with Gasteiger partial charge in [-0.25, -0.2) is 4.39 Å². The summed E-state index contributed by atoms with van der Waals surface area (Å²) >= 11 is 0. The highest BCUT2D eigenvalue weighted by Crippen LogP contribution is 2.44. The molecule has 3 unspecified atom stereocenters. The molecule has 2 nitrogen and oxygen atoms in total. The standard InChI is InChI=1S/C13H19FN2/c1-3-11-12(6-13(11)16-4-2)9-5-10(14)8-15-7-9/h5,7-8,11-13,16H,3-4,6H2,1-2H3. The van der Waals surface area contributed by atoms with Crippen LogP contribution in [-0.2, 0) is 0 Å². The van der Waals surface area contributed by atoms with Gasteiger partial charge in [0.25, 0.3) is 0 Å². The van der Waals surface area contributed by atoms with E-state index in [-0.39, 0.29) is 5.82 Å². The van der Waals surface area contributed by atoms with Crippen molar-refractivity contribution in [2.24, 2.45) is 5.92 Å². The fourth-order valence-corrected chi connectivity index (χ4v) is 2.79. The molecule has 0 spiro atoms. The second kappa shape index (κ2) is 4.91. The van der Waals surface area contributed by atoms with Crippen molar-refractivity contribution in [3.8, 4) is 0 Å². The third-order valence-corrected chi connectivity index (χ3v) is 3.63. The smallest absolute Gasteiger partial charge is 0.141 e. The molecule has 3 heteroatoms. The molecule has 1 fully saturated rings. The Labute approximate surface area is 96.3 Å². The van der Waals surface area contributed by atoms with Crippen molar-refractivity contribution in [3.63, 3.8) is 0 Å². The van der Waals surface area contributed by atoms with Crippen LogP contribution < -0.4 is 5.32 Å². The van der Waals surface area contributed by atoms with Crippen LogP contribution in [0.2, 0.25) is 0 Å². The molecule has 16 heavy (non-hydrogen) atoms. The lowest BCUT2D eigenvalue weighted by molar-refractivity contribution is 0.162. The third-order valence-electron chi connectivity index (χ3n) is 3.63. The van der Waals surface area contributed by atoms with Crippen molar-refractivity contribution in [3.05, 3.63) is 29.8 Å². The Morgan fingerprint density at radius 3 is 2.88 bits per heavy atom. The maximum atomic E-state index is 13.1. The molecule has 2 rings (SSSR count). The van der Waals surface area contributed by atoms with E-state index < -0.39 is 0 Å². The van der Waals surface area contributed by atoms with E-state index in [1.54, 1.807) is 12.3 Å². The fourth-order valence-electron chi connectivity index (χ4n) is 2.79. The van der Waals surface area contributed by atoms with Crippen molar-refractivity contribution < 1.29 is 4.39 Å². The molecule has 1 N–H and O–H groups in total. The number of hydrogen-bond acceptors (Lipinski definition) is 2. The first kappa shape index (κ1) is 11.5. The highest BCUT2D eigenvalue weighted by atomic mass is 19.1. The summed E-state index contributed by atoms with van der Waals surface area (Å²) in [5.74, 6) is 0.889. The number of aromatic nitrogens is 1. The fraction of sp³-hybridized carbons (Fsp3) is 0.615. The first-order valence-corrected chi connectivity index (χ1v) is 6.10. The zero-order valence-corrected chi connectivity index (χ0v) is 9.91. The number of halogens is 1. The van der Waals surface area contributed by atoms with Crippen LogP contribution in [0, 0.1) is 11.7 Å². The summed E-state index contributed by atoms with van der Waals surface area (Å²) in [7, 11) is 0. The lowest BCUT2D eigenvalue weighted by Gasteiger charge is -2.45. The van der Waals surface area contributed by atoms with Crippen molar-refractivity contribution in [2.75, 3.05) is 6.54 Å². The summed E-state index contributed by atoms with van der Waals surface area (Å²) in [6.07, 6.45) is 5.32. The molecule has 0 bridgehead atoms. The van der Waals surface area contributed by atoms with Crippen LogP contribution in [0.25, 0.3) is 0 Å². The summed E-state index contributed by atoms with van der Waals surface area (Å²) < 4.78 is 13.1. The average molecular weight is 222 g/mol. The number of hydrogen-bond donors (Lipinski definition) is 1. The normalized spacial score (nSPS) is 28.8. The van der Waals surface area contributed by atoms with E-state index in [2.05, 4.69) is 24.1 Å². The Kier molecular flexibility index (Phi) is 3.54. The molecule has 0 aliphatic heterocycles. The predicted octanol–water partition coefficient (Wildman–Crippen LogP) is 2.71. The molecular weight excluding hydrogens is 203 g/mol. The van der Waals surface area contributed by atoms with Crippen LogP contribution in [-0.4, -0.2) is 17.6 Å². The summed E-state index contributed by atoms with van der Waals surface area (Å²) in [5, 5.41) is 3.48. The molecule has 1 aliphatic carbocycles. The summed E-state index contributed by atoms with van der Waals surface area (Å²) in [4.78, 5) is 3.93. The Hall–Kier alpha value is -0.960. The highest BCUT2D eigenvalue weighted by molar-refractivity contribution is 5.22. The van der Waals surface area contributed by atoms with E-state index >= 15 is 0 Å². The zero-order chi connectivity index (χ0) is 11.5. The largest absolute Gasteiger partial charge is 0.314 e.